The van der Waals surface area contributed by atoms with Gasteiger partial charge in [0, 0.05) is 32.9 Å². The monoisotopic (exact) mass is 665 g/mol. The lowest BCUT2D eigenvalue weighted by Gasteiger charge is -2.14. The van der Waals surface area contributed by atoms with Gasteiger partial charge in [0.25, 0.3) is 0 Å². The number of hydrogen-bond donors (Lipinski definition) is 0. The summed E-state index contributed by atoms with van der Waals surface area (Å²) in [6.45, 7) is 0. The number of aromatic nitrogens is 2. The van der Waals surface area contributed by atoms with Crippen LogP contribution in [0.5, 0.6) is 0 Å². The molecule has 11 aromatic rings. The summed E-state index contributed by atoms with van der Waals surface area (Å²) >= 11 is 0. The molecule has 0 radical (unpaired) electrons. The molecule has 0 saturated heterocycles. The smallest absolute Gasteiger partial charge is 0.0645 e. The standard InChI is InChI=1S/C50H32N2/c1-3-13-33(14-4-1)38-28-29-39(42-20-10-9-19-41(38)42)35-23-26-37(27-24-35)51-46-22-12-11-21-43(46)44-31-45-49(32-48(44)51)52(36-16-5-2-6-17-36)47-30-25-34-15-7-8-18-40(34)50(45)47/h1-32H/i2D,5D,6D,16D,17D. The van der Waals surface area contributed by atoms with E-state index in [-0.39, 0.29) is 29.9 Å². The van der Waals surface area contributed by atoms with Gasteiger partial charge < -0.3 is 9.13 Å². The lowest BCUT2D eigenvalue weighted by atomic mass is 9.92. The minimum absolute atomic E-state index is 0.133. The zero-order chi connectivity index (χ0) is 38.5. The van der Waals surface area contributed by atoms with Crippen LogP contribution in [0.15, 0.2) is 194 Å². The summed E-state index contributed by atoms with van der Waals surface area (Å²) in [5.74, 6) is 0. The summed E-state index contributed by atoms with van der Waals surface area (Å²) < 4.78 is 47.7. The van der Waals surface area contributed by atoms with Gasteiger partial charge in [-0.25, -0.2) is 0 Å². The Labute approximate surface area is 308 Å². The van der Waals surface area contributed by atoms with Crippen LogP contribution in [0.25, 0.3) is 98.8 Å². The third-order valence-electron chi connectivity index (χ3n) is 10.6. The Hall–Kier alpha value is -6.90. The topological polar surface area (TPSA) is 9.86 Å². The minimum atomic E-state index is -0.411. The molecule has 0 fully saturated rings. The SMILES string of the molecule is [2H]c1c([2H])c([2H])c(-n2c3cc4c(cc3c3c5ccccc5ccc32)c2ccccc2n4-c2ccc(-c3ccc(-c4ccccc4)c4ccccc34)cc2)c([2H])c1[2H]. The van der Waals surface area contributed by atoms with E-state index in [1.54, 1.807) is 0 Å². The van der Waals surface area contributed by atoms with E-state index < -0.39 is 6.04 Å². The second kappa shape index (κ2) is 11.3. The van der Waals surface area contributed by atoms with Gasteiger partial charge in [0.2, 0.25) is 0 Å². The molecule has 242 valence electrons. The lowest BCUT2D eigenvalue weighted by molar-refractivity contribution is 1.16. The van der Waals surface area contributed by atoms with E-state index in [2.05, 4.69) is 138 Å². The predicted octanol–water partition coefficient (Wildman–Crippen LogP) is 13.5. The quantitative estimate of drug-likeness (QED) is 0.177. The van der Waals surface area contributed by atoms with Crippen LogP contribution in [-0.2, 0) is 0 Å². The number of rotatable bonds is 4. The highest BCUT2D eigenvalue weighted by molar-refractivity contribution is 6.25. The lowest BCUT2D eigenvalue weighted by Crippen LogP contribution is -1.96. The molecule has 2 nitrogen and oxygen atoms in total. The Morgan fingerprint density at radius 1 is 0.346 bits per heavy atom. The fourth-order valence-electron chi connectivity index (χ4n) is 8.33. The first kappa shape index (κ1) is 24.3. The van der Waals surface area contributed by atoms with E-state index in [0.717, 1.165) is 71.2 Å². The summed E-state index contributed by atoms with van der Waals surface area (Å²) in [5.41, 5.74) is 9.34. The first-order chi connectivity index (χ1) is 27.9. The molecule has 0 saturated carbocycles. The molecule has 2 heterocycles. The van der Waals surface area contributed by atoms with Crippen LogP contribution in [0.2, 0.25) is 0 Å². The van der Waals surface area contributed by atoms with Gasteiger partial charge in [-0.15, -0.1) is 0 Å². The molecular weight excluding hydrogens is 629 g/mol. The average Bonchev–Trinajstić information content (AvgIpc) is 3.76. The fourth-order valence-corrected chi connectivity index (χ4v) is 8.33. The van der Waals surface area contributed by atoms with Gasteiger partial charge >= 0.3 is 0 Å². The molecule has 11 rings (SSSR count). The van der Waals surface area contributed by atoms with Crippen molar-refractivity contribution < 1.29 is 6.85 Å². The number of para-hydroxylation sites is 2. The number of hydrogen-bond acceptors (Lipinski definition) is 0. The van der Waals surface area contributed by atoms with Crippen molar-refractivity contribution in [2.75, 3.05) is 0 Å². The third kappa shape index (κ3) is 4.25. The first-order valence-electron chi connectivity index (χ1n) is 20.0. The van der Waals surface area contributed by atoms with Crippen LogP contribution >= 0.6 is 0 Å². The van der Waals surface area contributed by atoms with E-state index in [1.165, 1.54) is 21.9 Å². The van der Waals surface area contributed by atoms with Gasteiger partial charge in [0.15, 0.2) is 0 Å². The molecule has 2 aromatic heterocycles. The van der Waals surface area contributed by atoms with Crippen molar-refractivity contribution in [2.24, 2.45) is 0 Å². The predicted molar refractivity (Wildman–Crippen MR) is 221 cm³/mol. The van der Waals surface area contributed by atoms with Crippen molar-refractivity contribution >= 4 is 65.2 Å². The van der Waals surface area contributed by atoms with E-state index in [4.69, 9.17) is 6.85 Å². The summed E-state index contributed by atoms with van der Waals surface area (Å²) in [6, 6.07) is 55.7. The van der Waals surface area contributed by atoms with Crippen LogP contribution in [0.4, 0.5) is 0 Å². The summed E-state index contributed by atoms with van der Waals surface area (Å²) in [7, 11) is 0. The number of nitrogens with zero attached hydrogens (tertiary/aromatic N) is 2. The third-order valence-corrected chi connectivity index (χ3v) is 10.6. The van der Waals surface area contributed by atoms with Crippen molar-refractivity contribution in [1.29, 1.82) is 0 Å². The molecule has 2 heteroatoms. The van der Waals surface area contributed by atoms with Gasteiger partial charge in [-0.2, -0.15) is 0 Å². The van der Waals surface area contributed by atoms with Crippen LogP contribution in [-0.4, -0.2) is 9.13 Å². The van der Waals surface area contributed by atoms with E-state index in [9.17, 15) is 0 Å². The summed E-state index contributed by atoms with van der Waals surface area (Å²) in [6.07, 6.45) is 0. The largest absolute Gasteiger partial charge is 0.309 e. The zero-order valence-corrected chi connectivity index (χ0v) is 28.0. The number of benzene rings is 9. The van der Waals surface area contributed by atoms with E-state index >= 15 is 0 Å². The zero-order valence-electron chi connectivity index (χ0n) is 33.0. The van der Waals surface area contributed by atoms with Gasteiger partial charge in [-0.1, -0.05) is 146 Å². The molecule has 52 heavy (non-hydrogen) atoms. The highest BCUT2D eigenvalue weighted by atomic mass is 15.0. The maximum Gasteiger partial charge on any atom is 0.0645 e. The highest BCUT2D eigenvalue weighted by Crippen LogP contribution is 2.42. The molecule has 0 aliphatic heterocycles. The Morgan fingerprint density at radius 3 is 1.69 bits per heavy atom. The Morgan fingerprint density at radius 2 is 0.942 bits per heavy atom. The average molecular weight is 666 g/mol. The molecular formula is C50H32N2. The van der Waals surface area contributed by atoms with Crippen molar-refractivity contribution in [3.8, 4) is 33.6 Å². The summed E-state index contributed by atoms with van der Waals surface area (Å²) in [4.78, 5) is 0. The summed E-state index contributed by atoms with van der Waals surface area (Å²) in [5, 5.41) is 8.60. The van der Waals surface area contributed by atoms with Gasteiger partial charge in [-0.3, -0.25) is 0 Å². The maximum absolute atomic E-state index is 9.05. The molecule has 0 amide bonds. The van der Waals surface area contributed by atoms with Crippen LogP contribution in [0, 0.1) is 0 Å². The molecule has 0 spiro atoms. The van der Waals surface area contributed by atoms with Gasteiger partial charge in [0.05, 0.1) is 28.9 Å². The minimum Gasteiger partial charge on any atom is -0.309 e. The molecule has 9 aromatic carbocycles. The second-order valence-corrected chi connectivity index (χ2v) is 13.3. The van der Waals surface area contributed by atoms with Gasteiger partial charge in [-0.05, 0) is 92.3 Å². The van der Waals surface area contributed by atoms with Crippen LogP contribution in [0.3, 0.4) is 0 Å². The van der Waals surface area contributed by atoms with Crippen molar-refractivity contribution in [3.63, 3.8) is 0 Å². The van der Waals surface area contributed by atoms with Crippen LogP contribution in [0.1, 0.15) is 6.85 Å². The molecule has 0 aliphatic carbocycles. The molecule has 0 atom stereocenters. The molecule has 0 unspecified atom stereocenters. The normalized spacial score (nSPS) is 13.2. The highest BCUT2D eigenvalue weighted by Gasteiger charge is 2.20. The molecule has 0 bridgehead atoms. The second-order valence-electron chi connectivity index (χ2n) is 13.3. The first-order valence-corrected chi connectivity index (χ1v) is 17.5. The Kier molecular flexibility index (Phi) is 5.28. The van der Waals surface area contributed by atoms with Gasteiger partial charge in [0.1, 0.15) is 0 Å². The Bertz CT molecular complexity index is 3430. The van der Waals surface area contributed by atoms with Crippen molar-refractivity contribution in [2.45, 2.75) is 0 Å². The van der Waals surface area contributed by atoms with Crippen LogP contribution < -0.4 is 0 Å². The van der Waals surface area contributed by atoms with E-state index in [0.29, 0.717) is 0 Å². The van der Waals surface area contributed by atoms with E-state index in [1.807, 2.05) is 34.9 Å². The molecule has 0 N–H and O–H groups in total. The Balaban J connectivity index is 1.17. The number of fused-ring (bicyclic) bond motifs is 9. The maximum atomic E-state index is 9.05. The van der Waals surface area contributed by atoms with Crippen molar-refractivity contribution in [1.82, 2.24) is 9.13 Å². The van der Waals surface area contributed by atoms with Crippen molar-refractivity contribution in [3.05, 3.63) is 194 Å². The fraction of sp³-hybridized carbons (Fsp3) is 0. The molecule has 0 aliphatic rings.